The molecule has 1 unspecified atom stereocenters. The van der Waals surface area contributed by atoms with Gasteiger partial charge in [0.15, 0.2) is 0 Å². The van der Waals surface area contributed by atoms with Crippen LogP contribution in [0.5, 0.6) is 0 Å². The molecule has 1 atom stereocenters. The first-order chi connectivity index (χ1) is 7.34. The number of alkyl halides is 3. The Morgan fingerprint density at radius 1 is 1.38 bits per heavy atom. The van der Waals surface area contributed by atoms with Gasteiger partial charge in [-0.2, -0.15) is 8.78 Å². The minimum absolute atomic E-state index is 0.0942. The Bertz CT molecular complexity index is 368. The van der Waals surface area contributed by atoms with Crippen molar-refractivity contribution in [3.05, 3.63) is 33.8 Å². The summed E-state index contributed by atoms with van der Waals surface area (Å²) in [5.74, 6) is 5.00. The maximum absolute atomic E-state index is 12.8. The molecule has 0 amide bonds. The van der Waals surface area contributed by atoms with E-state index >= 15 is 0 Å². The van der Waals surface area contributed by atoms with Crippen LogP contribution in [0, 0.1) is 0 Å². The number of benzene rings is 1. The molecular formula is C9H9Cl3F2N2. The SMILES string of the molecule is NNC(Cc1ccc(Cl)cc1Cl)C(F)(F)Cl. The monoisotopic (exact) mass is 288 g/mol. The number of hydrogen-bond donors (Lipinski definition) is 2. The molecule has 0 saturated heterocycles. The Hall–Kier alpha value is -0.130. The van der Waals surface area contributed by atoms with E-state index in [1.807, 2.05) is 5.43 Å². The highest BCUT2D eigenvalue weighted by Crippen LogP contribution is 2.28. The molecule has 0 spiro atoms. The van der Waals surface area contributed by atoms with Gasteiger partial charge in [0.2, 0.25) is 0 Å². The lowest BCUT2D eigenvalue weighted by Crippen LogP contribution is -2.46. The second kappa shape index (κ2) is 5.47. The summed E-state index contributed by atoms with van der Waals surface area (Å²) in [6.45, 7) is 0. The van der Waals surface area contributed by atoms with Crippen molar-refractivity contribution in [2.75, 3.05) is 0 Å². The van der Waals surface area contributed by atoms with E-state index in [4.69, 9.17) is 40.6 Å². The normalized spacial score (nSPS) is 13.9. The van der Waals surface area contributed by atoms with Gasteiger partial charge >= 0.3 is 5.38 Å². The van der Waals surface area contributed by atoms with Crippen LogP contribution in [0.4, 0.5) is 8.78 Å². The Kier molecular flexibility index (Phi) is 4.76. The standard InChI is InChI=1S/C9H9Cl3F2N2/c10-6-2-1-5(7(11)4-6)3-8(16-15)9(12,13)14/h1-2,4,8,16H,3,15H2. The minimum atomic E-state index is -3.45. The van der Waals surface area contributed by atoms with Crippen molar-refractivity contribution in [1.29, 1.82) is 0 Å². The highest BCUT2D eigenvalue weighted by Gasteiger charge is 2.36. The number of halogens is 5. The quantitative estimate of drug-likeness (QED) is 0.507. The van der Waals surface area contributed by atoms with Gasteiger partial charge in [-0.25, -0.2) is 5.43 Å². The molecule has 0 radical (unpaired) electrons. The first-order valence-corrected chi connectivity index (χ1v) is 5.44. The van der Waals surface area contributed by atoms with Crippen molar-refractivity contribution in [3.8, 4) is 0 Å². The van der Waals surface area contributed by atoms with Gasteiger partial charge in [-0.3, -0.25) is 5.84 Å². The molecule has 0 aromatic heterocycles. The molecule has 0 aliphatic rings. The van der Waals surface area contributed by atoms with E-state index in [0.29, 0.717) is 15.6 Å². The molecule has 16 heavy (non-hydrogen) atoms. The lowest BCUT2D eigenvalue weighted by molar-refractivity contribution is 0.0503. The molecule has 0 saturated carbocycles. The number of hydrogen-bond acceptors (Lipinski definition) is 2. The van der Waals surface area contributed by atoms with Crippen LogP contribution in [0.2, 0.25) is 10.0 Å². The number of nitrogens with one attached hydrogen (secondary N) is 1. The van der Waals surface area contributed by atoms with Crippen LogP contribution in [0.1, 0.15) is 5.56 Å². The highest BCUT2D eigenvalue weighted by atomic mass is 35.5. The zero-order valence-electron chi connectivity index (χ0n) is 7.98. The fourth-order valence-electron chi connectivity index (χ4n) is 1.18. The molecule has 0 aliphatic heterocycles. The molecule has 0 heterocycles. The van der Waals surface area contributed by atoms with Crippen LogP contribution in [0.15, 0.2) is 18.2 Å². The second-order valence-corrected chi connectivity index (χ2v) is 4.55. The lowest BCUT2D eigenvalue weighted by Gasteiger charge is -2.21. The summed E-state index contributed by atoms with van der Waals surface area (Å²) >= 11 is 16.4. The fraction of sp³-hybridized carbons (Fsp3) is 0.333. The molecule has 0 bridgehead atoms. The summed E-state index contributed by atoms with van der Waals surface area (Å²) < 4.78 is 25.7. The molecule has 1 rings (SSSR count). The summed E-state index contributed by atoms with van der Waals surface area (Å²) in [7, 11) is 0. The van der Waals surface area contributed by atoms with Gasteiger partial charge in [-0.05, 0) is 35.7 Å². The molecule has 7 heteroatoms. The van der Waals surface area contributed by atoms with E-state index < -0.39 is 11.4 Å². The molecule has 2 nitrogen and oxygen atoms in total. The van der Waals surface area contributed by atoms with Crippen LogP contribution in [-0.2, 0) is 6.42 Å². The molecule has 3 N–H and O–H groups in total. The summed E-state index contributed by atoms with van der Waals surface area (Å²) in [5.41, 5.74) is 2.45. The lowest BCUT2D eigenvalue weighted by atomic mass is 10.1. The van der Waals surface area contributed by atoms with E-state index in [0.717, 1.165) is 0 Å². The van der Waals surface area contributed by atoms with Crippen LogP contribution in [0.25, 0.3) is 0 Å². The number of nitrogens with two attached hydrogens (primary N) is 1. The van der Waals surface area contributed by atoms with Gasteiger partial charge in [0.05, 0.1) is 0 Å². The number of hydrazine groups is 1. The van der Waals surface area contributed by atoms with E-state index in [1.165, 1.54) is 6.07 Å². The zero-order valence-corrected chi connectivity index (χ0v) is 10.3. The largest absolute Gasteiger partial charge is 0.338 e. The summed E-state index contributed by atoms with van der Waals surface area (Å²) in [6, 6.07) is 3.19. The predicted molar refractivity (Wildman–Crippen MR) is 62.1 cm³/mol. The molecule has 1 aromatic rings. The molecule has 0 fully saturated rings. The van der Waals surface area contributed by atoms with Crippen molar-refractivity contribution >= 4 is 34.8 Å². The van der Waals surface area contributed by atoms with E-state index in [-0.39, 0.29) is 6.42 Å². The maximum atomic E-state index is 12.8. The first-order valence-electron chi connectivity index (χ1n) is 4.31. The average Bonchev–Trinajstić information content (AvgIpc) is 2.14. The summed E-state index contributed by atoms with van der Waals surface area (Å²) in [6.07, 6.45) is -0.0942. The van der Waals surface area contributed by atoms with Crippen molar-refractivity contribution in [2.45, 2.75) is 17.8 Å². The Morgan fingerprint density at radius 3 is 2.44 bits per heavy atom. The van der Waals surface area contributed by atoms with E-state index in [9.17, 15) is 8.78 Å². The third-order valence-electron chi connectivity index (χ3n) is 2.04. The zero-order chi connectivity index (χ0) is 12.3. The van der Waals surface area contributed by atoms with Crippen LogP contribution in [-0.4, -0.2) is 11.4 Å². The van der Waals surface area contributed by atoms with E-state index in [1.54, 1.807) is 12.1 Å². The third-order valence-corrected chi connectivity index (χ3v) is 2.89. The molecule has 1 aromatic carbocycles. The molecule has 0 aliphatic carbocycles. The Balaban J connectivity index is 2.86. The third kappa shape index (κ3) is 3.71. The van der Waals surface area contributed by atoms with Gasteiger partial charge in [-0.1, -0.05) is 29.3 Å². The Labute approximate surface area is 107 Å². The van der Waals surface area contributed by atoms with Crippen LogP contribution in [0.3, 0.4) is 0 Å². The van der Waals surface area contributed by atoms with Crippen molar-refractivity contribution in [1.82, 2.24) is 5.43 Å². The van der Waals surface area contributed by atoms with E-state index in [2.05, 4.69) is 0 Å². The van der Waals surface area contributed by atoms with Crippen molar-refractivity contribution in [3.63, 3.8) is 0 Å². The maximum Gasteiger partial charge on any atom is 0.338 e. The van der Waals surface area contributed by atoms with Gasteiger partial charge in [0, 0.05) is 10.0 Å². The topological polar surface area (TPSA) is 38.0 Å². The first kappa shape index (κ1) is 13.9. The van der Waals surface area contributed by atoms with Gasteiger partial charge in [0.25, 0.3) is 0 Å². The minimum Gasteiger partial charge on any atom is -0.271 e. The smallest absolute Gasteiger partial charge is 0.271 e. The average molecular weight is 290 g/mol. The second-order valence-electron chi connectivity index (χ2n) is 3.20. The summed E-state index contributed by atoms with van der Waals surface area (Å²) in [5, 5.41) is -2.71. The highest BCUT2D eigenvalue weighted by molar-refractivity contribution is 6.35. The van der Waals surface area contributed by atoms with Gasteiger partial charge in [-0.15, -0.1) is 0 Å². The number of rotatable bonds is 4. The van der Waals surface area contributed by atoms with Crippen molar-refractivity contribution < 1.29 is 8.78 Å². The molecular weight excluding hydrogens is 280 g/mol. The molecule has 90 valence electrons. The van der Waals surface area contributed by atoms with Crippen LogP contribution >= 0.6 is 34.8 Å². The van der Waals surface area contributed by atoms with Crippen molar-refractivity contribution in [2.24, 2.45) is 5.84 Å². The van der Waals surface area contributed by atoms with Gasteiger partial charge in [0.1, 0.15) is 6.04 Å². The summed E-state index contributed by atoms with van der Waals surface area (Å²) in [4.78, 5) is 0. The fourth-order valence-corrected chi connectivity index (χ4v) is 1.80. The van der Waals surface area contributed by atoms with Crippen LogP contribution < -0.4 is 11.3 Å². The van der Waals surface area contributed by atoms with Gasteiger partial charge < -0.3 is 0 Å². The predicted octanol–water partition coefficient (Wildman–Crippen LogP) is 3.20. The Morgan fingerprint density at radius 2 is 2.00 bits per heavy atom.